The molecule has 2 aromatic heterocycles. The van der Waals surface area contributed by atoms with Crippen molar-refractivity contribution in [1.82, 2.24) is 10.2 Å². The molecule has 106 valence electrons. The second kappa shape index (κ2) is 5.55. The molecule has 0 aliphatic heterocycles. The molecule has 0 atom stereocenters. The topological polar surface area (TPSA) is 87.1 Å². The van der Waals surface area contributed by atoms with Crippen LogP contribution in [0.1, 0.15) is 10.4 Å². The number of hydrogen-bond donors (Lipinski definition) is 3. The van der Waals surface area contributed by atoms with E-state index in [1.54, 1.807) is 5.38 Å². The highest BCUT2D eigenvalue weighted by Gasteiger charge is 2.09. The van der Waals surface area contributed by atoms with Crippen molar-refractivity contribution >= 4 is 50.5 Å². The van der Waals surface area contributed by atoms with Crippen LogP contribution in [0.15, 0.2) is 35.7 Å². The lowest BCUT2D eigenvalue weighted by Crippen LogP contribution is -2.10. The molecule has 3 N–H and O–H groups in total. The number of halogens is 1. The SMILES string of the molecule is O=C(O)c1csc(NNc2nnc(Cl)c3ccccc23)c1. The summed E-state index contributed by atoms with van der Waals surface area (Å²) in [5.41, 5.74) is 6.06. The van der Waals surface area contributed by atoms with E-state index in [9.17, 15) is 4.79 Å². The minimum Gasteiger partial charge on any atom is -0.478 e. The van der Waals surface area contributed by atoms with Crippen molar-refractivity contribution < 1.29 is 9.90 Å². The van der Waals surface area contributed by atoms with Gasteiger partial charge in [-0.15, -0.1) is 21.5 Å². The van der Waals surface area contributed by atoms with E-state index in [2.05, 4.69) is 21.0 Å². The fourth-order valence-electron chi connectivity index (χ4n) is 1.80. The molecule has 3 aromatic rings. The van der Waals surface area contributed by atoms with Crippen LogP contribution in [0.2, 0.25) is 5.15 Å². The number of thiophene rings is 1. The zero-order valence-corrected chi connectivity index (χ0v) is 12.1. The van der Waals surface area contributed by atoms with Crippen LogP contribution in [0.5, 0.6) is 0 Å². The molecular weight excluding hydrogens is 312 g/mol. The summed E-state index contributed by atoms with van der Waals surface area (Å²) in [6.07, 6.45) is 0. The van der Waals surface area contributed by atoms with Crippen LogP contribution in [0.25, 0.3) is 10.8 Å². The van der Waals surface area contributed by atoms with Crippen LogP contribution in [-0.2, 0) is 0 Å². The first kappa shape index (κ1) is 13.6. The average Bonchev–Trinajstić information content (AvgIpc) is 2.96. The number of aromatic carboxylic acids is 1. The summed E-state index contributed by atoms with van der Waals surface area (Å²) < 4.78 is 0. The lowest BCUT2D eigenvalue weighted by atomic mass is 10.2. The smallest absolute Gasteiger partial charge is 0.336 e. The van der Waals surface area contributed by atoms with E-state index >= 15 is 0 Å². The molecule has 0 spiro atoms. The molecule has 0 fully saturated rings. The van der Waals surface area contributed by atoms with Crippen molar-refractivity contribution in [3.05, 3.63) is 46.4 Å². The summed E-state index contributed by atoms with van der Waals surface area (Å²) in [6, 6.07) is 9.00. The van der Waals surface area contributed by atoms with Gasteiger partial charge in [0, 0.05) is 16.2 Å². The number of hydrazine groups is 1. The van der Waals surface area contributed by atoms with Gasteiger partial charge in [-0.25, -0.2) is 4.79 Å². The van der Waals surface area contributed by atoms with Gasteiger partial charge in [-0.2, -0.15) is 0 Å². The third kappa shape index (κ3) is 2.74. The van der Waals surface area contributed by atoms with E-state index in [1.807, 2.05) is 24.3 Å². The first-order valence-electron chi connectivity index (χ1n) is 5.90. The second-order valence-corrected chi connectivity index (χ2v) is 5.41. The molecule has 0 radical (unpaired) electrons. The standard InChI is InChI=1S/C13H9ClN4O2S/c14-11-8-3-1-2-4-9(8)12(18-16-11)17-15-10-5-7(6-21-10)13(19)20/h1-6,15H,(H,17,18)(H,19,20). The molecule has 2 heterocycles. The van der Waals surface area contributed by atoms with E-state index in [0.717, 1.165) is 10.8 Å². The van der Waals surface area contributed by atoms with E-state index in [4.69, 9.17) is 16.7 Å². The van der Waals surface area contributed by atoms with Crippen LogP contribution in [0.3, 0.4) is 0 Å². The molecule has 0 aliphatic carbocycles. The van der Waals surface area contributed by atoms with Crippen LogP contribution >= 0.6 is 22.9 Å². The molecular formula is C13H9ClN4O2S. The number of nitrogens with one attached hydrogen (secondary N) is 2. The maximum atomic E-state index is 10.8. The lowest BCUT2D eigenvalue weighted by molar-refractivity contribution is 0.0697. The number of nitrogens with zero attached hydrogens (tertiary/aromatic N) is 2. The number of carboxylic acid groups (broad SMARTS) is 1. The Balaban J connectivity index is 1.85. The summed E-state index contributed by atoms with van der Waals surface area (Å²) in [5, 5.41) is 20.9. The predicted octanol–water partition coefficient (Wildman–Crippen LogP) is 3.48. The van der Waals surface area contributed by atoms with Crippen molar-refractivity contribution in [2.24, 2.45) is 0 Å². The molecule has 1 aromatic carbocycles. The predicted molar refractivity (Wildman–Crippen MR) is 83.1 cm³/mol. The molecule has 6 nitrogen and oxygen atoms in total. The number of fused-ring (bicyclic) bond motifs is 1. The summed E-state index contributed by atoms with van der Waals surface area (Å²) in [4.78, 5) is 10.8. The minimum atomic E-state index is -0.962. The van der Waals surface area contributed by atoms with Crippen LogP contribution in [0.4, 0.5) is 10.8 Å². The molecule has 8 heteroatoms. The van der Waals surface area contributed by atoms with Gasteiger partial charge in [-0.05, 0) is 6.07 Å². The summed E-state index contributed by atoms with van der Waals surface area (Å²) >= 11 is 7.28. The Hall–Kier alpha value is -2.38. The highest BCUT2D eigenvalue weighted by atomic mass is 35.5. The molecule has 0 amide bonds. The third-order valence-corrected chi connectivity index (χ3v) is 3.92. The van der Waals surface area contributed by atoms with Crippen molar-refractivity contribution in [1.29, 1.82) is 0 Å². The average molecular weight is 321 g/mol. The largest absolute Gasteiger partial charge is 0.478 e. The van der Waals surface area contributed by atoms with Gasteiger partial charge in [-0.3, -0.25) is 10.9 Å². The van der Waals surface area contributed by atoms with Crippen molar-refractivity contribution in [3.63, 3.8) is 0 Å². The van der Waals surface area contributed by atoms with Gasteiger partial charge in [0.05, 0.1) is 5.56 Å². The summed E-state index contributed by atoms with van der Waals surface area (Å²) in [6.45, 7) is 0. The van der Waals surface area contributed by atoms with Crippen LogP contribution < -0.4 is 10.9 Å². The first-order chi connectivity index (χ1) is 10.1. The number of hydrogen-bond acceptors (Lipinski definition) is 6. The van der Waals surface area contributed by atoms with Crippen LogP contribution in [0, 0.1) is 0 Å². The molecule has 0 saturated heterocycles. The Morgan fingerprint density at radius 2 is 1.95 bits per heavy atom. The quantitative estimate of drug-likeness (QED) is 0.638. The lowest BCUT2D eigenvalue weighted by Gasteiger charge is -2.09. The number of benzene rings is 1. The zero-order valence-electron chi connectivity index (χ0n) is 10.5. The highest BCUT2D eigenvalue weighted by Crippen LogP contribution is 2.26. The highest BCUT2D eigenvalue weighted by molar-refractivity contribution is 7.14. The van der Waals surface area contributed by atoms with Crippen molar-refractivity contribution in [3.8, 4) is 0 Å². The Morgan fingerprint density at radius 1 is 1.19 bits per heavy atom. The van der Waals surface area contributed by atoms with Crippen LogP contribution in [-0.4, -0.2) is 21.3 Å². The summed E-state index contributed by atoms with van der Waals surface area (Å²) in [7, 11) is 0. The van der Waals surface area contributed by atoms with E-state index in [-0.39, 0.29) is 5.56 Å². The maximum absolute atomic E-state index is 10.8. The minimum absolute atomic E-state index is 0.233. The fraction of sp³-hybridized carbons (Fsp3) is 0. The van der Waals surface area contributed by atoms with E-state index in [0.29, 0.717) is 16.0 Å². The number of carbonyl (C=O) groups is 1. The molecule has 0 aliphatic rings. The molecule has 3 rings (SSSR count). The monoisotopic (exact) mass is 320 g/mol. The molecule has 0 bridgehead atoms. The number of anilines is 2. The Bertz CT molecular complexity index is 821. The fourth-order valence-corrected chi connectivity index (χ4v) is 2.73. The summed E-state index contributed by atoms with van der Waals surface area (Å²) in [5.74, 6) is -0.448. The number of aromatic nitrogens is 2. The van der Waals surface area contributed by atoms with Crippen molar-refractivity contribution in [2.45, 2.75) is 0 Å². The third-order valence-electron chi connectivity index (χ3n) is 2.79. The second-order valence-electron chi connectivity index (χ2n) is 4.14. The number of rotatable bonds is 4. The molecule has 21 heavy (non-hydrogen) atoms. The first-order valence-corrected chi connectivity index (χ1v) is 7.15. The molecule has 0 saturated carbocycles. The maximum Gasteiger partial charge on any atom is 0.336 e. The van der Waals surface area contributed by atoms with Gasteiger partial charge in [0.2, 0.25) is 0 Å². The Morgan fingerprint density at radius 3 is 2.67 bits per heavy atom. The van der Waals surface area contributed by atoms with Gasteiger partial charge < -0.3 is 5.11 Å². The zero-order chi connectivity index (χ0) is 14.8. The van der Waals surface area contributed by atoms with E-state index in [1.165, 1.54) is 17.4 Å². The number of carboxylic acids is 1. The van der Waals surface area contributed by atoms with Gasteiger partial charge in [0.1, 0.15) is 5.00 Å². The normalized spacial score (nSPS) is 10.5. The van der Waals surface area contributed by atoms with Gasteiger partial charge >= 0.3 is 5.97 Å². The van der Waals surface area contributed by atoms with Gasteiger partial charge in [-0.1, -0.05) is 35.9 Å². The molecule has 0 unspecified atom stereocenters. The van der Waals surface area contributed by atoms with Gasteiger partial charge in [0.25, 0.3) is 0 Å². The van der Waals surface area contributed by atoms with Gasteiger partial charge in [0.15, 0.2) is 11.0 Å². The van der Waals surface area contributed by atoms with Crippen molar-refractivity contribution in [2.75, 3.05) is 10.9 Å². The van der Waals surface area contributed by atoms with E-state index < -0.39 is 5.97 Å². The Kier molecular flexibility index (Phi) is 3.59. The Labute approximate surface area is 128 Å².